The van der Waals surface area contributed by atoms with Crippen molar-refractivity contribution in [1.29, 1.82) is 0 Å². The Balaban J connectivity index is 2.04. The molecule has 19 heavy (non-hydrogen) atoms. The number of nitrogens with zero attached hydrogens (tertiary/aromatic N) is 1. The number of rotatable bonds is 2. The molecule has 0 bridgehead atoms. The lowest BCUT2D eigenvalue weighted by molar-refractivity contribution is 0.501. The number of thiazole rings is 1. The molecule has 1 atom stereocenters. The van der Waals surface area contributed by atoms with Gasteiger partial charge in [0.25, 0.3) is 0 Å². The maximum absolute atomic E-state index is 4.88. The van der Waals surface area contributed by atoms with Crippen LogP contribution in [0.1, 0.15) is 40.6 Å². The fourth-order valence-corrected chi connectivity index (χ4v) is 4.16. The van der Waals surface area contributed by atoms with Crippen molar-refractivity contribution in [3.63, 3.8) is 0 Å². The molecule has 0 fully saturated rings. The number of benzene rings is 1. The molecule has 1 N–H and O–H groups in total. The summed E-state index contributed by atoms with van der Waals surface area (Å²) in [6.45, 7) is 4.31. The molecule has 0 amide bonds. The Kier molecular flexibility index (Phi) is 3.42. The minimum absolute atomic E-state index is 0.501. The first-order chi connectivity index (χ1) is 9.17. The van der Waals surface area contributed by atoms with Crippen molar-refractivity contribution in [2.45, 2.75) is 39.2 Å². The van der Waals surface area contributed by atoms with Crippen LogP contribution in [0.5, 0.6) is 0 Å². The topological polar surface area (TPSA) is 24.9 Å². The highest BCUT2D eigenvalue weighted by Gasteiger charge is 2.23. The summed E-state index contributed by atoms with van der Waals surface area (Å²) in [4.78, 5) is 6.33. The fraction of sp³-hybridized carbons (Fsp3) is 0.438. The van der Waals surface area contributed by atoms with Crippen molar-refractivity contribution in [3.8, 4) is 10.6 Å². The first-order valence-corrected chi connectivity index (χ1v) is 7.74. The first-order valence-electron chi connectivity index (χ1n) is 6.93. The summed E-state index contributed by atoms with van der Waals surface area (Å²) in [6.07, 6.45) is 3.61. The van der Waals surface area contributed by atoms with Gasteiger partial charge in [0.1, 0.15) is 5.01 Å². The van der Waals surface area contributed by atoms with E-state index in [0.29, 0.717) is 6.04 Å². The second kappa shape index (κ2) is 5.06. The first kappa shape index (κ1) is 12.8. The fourth-order valence-electron chi connectivity index (χ4n) is 2.92. The summed E-state index contributed by atoms with van der Waals surface area (Å²) < 4.78 is 0. The van der Waals surface area contributed by atoms with Crippen LogP contribution in [0.3, 0.4) is 0 Å². The molecule has 3 rings (SSSR count). The Morgan fingerprint density at radius 2 is 1.95 bits per heavy atom. The van der Waals surface area contributed by atoms with E-state index in [-0.39, 0.29) is 0 Å². The summed E-state index contributed by atoms with van der Waals surface area (Å²) in [7, 11) is 2.05. The summed E-state index contributed by atoms with van der Waals surface area (Å²) in [5, 5.41) is 4.60. The van der Waals surface area contributed by atoms with Crippen molar-refractivity contribution in [2.24, 2.45) is 0 Å². The quantitative estimate of drug-likeness (QED) is 0.893. The summed E-state index contributed by atoms with van der Waals surface area (Å²) in [6, 6.07) is 7.20. The van der Waals surface area contributed by atoms with E-state index in [4.69, 9.17) is 4.98 Å². The van der Waals surface area contributed by atoms with Crippen LogP contribution in [0.4, 0.5) is 0 Å². The van der Waals surface area contributed by atoms with E-state index in [2.05, 4.69) is 44.4 Å². The zero-order chi connectivity index (χ0) is 13.4. The third-order valence-electron chi connectivity index (χ3n) is 3.77. The van der Waals surface area contributed by atoms with Crippen molar-refractivity contribution in [3.05, 3.63) is 39.9 Å². The Labute approximate surface area is 118 Å². The van der Waals surface area contributed by atoms with Crippen LogP contribution >= 0.6 is 11.3 Å². The highest BCUT2D eigenvalue weighted by molar-refractivity contribution is 7.15. The predicted molar refractivity (Wildman–Crippen MR) is 81.8 cm³/mol. The second-order valence-electron chi connectivity index (χ2n) is 5.44. The molecule has 0 saturated carbocycles. The molecule has 0 radical (unpaired) electrons. The highest BCUT2D eigenvalue weighted by atomic mass is 32.1. The van der Waals surface area contributed by atoms with Gasteiger partial charge >= 0.3 is 0 Å². The third-order valence-corrected chi connectivity index (χ3v) is 5.03. The van der Waals surface area contributed by atoms with Gasteiger partial charge in [-0.25, -0.2) is 4.98 Å². The second-order valence-corrected chi connectivity index (χ2v) is 6.47. The molecule has 1 aromatic carbocycles. The van der Waals surface area contributed by atoms with Crippen LogP contribution in [0.25, 0.3) is 10.6 Å². The molecule has 0 aliphatic heterocycles. The zero-order valence-electron chi connectivity index (χ0n) is 11.8. The smallest absolute Gasteiger partial charge is 0.123 e. The maximum Gasteiger partial charge on any atom is 0.123 e. The number of hydrogen-bond acceptors (Lipinski definition) is 3. The van der Waals surface area contributed by atoms with Crippen LogP contribution in [0.15, 0.2) is 18.2 Å². The zero-order valence-corrected chi connectivity index (χ0v) is 12.6. The minimum atomic E-state index is 0.501. The van der Waals surface area contributed by atoms with Crippen LogP contribution in [-0.4, -0.2) is 12.0 Å². The van der Waals surface area contributed by atoms with Crippen LogP contribution in [0, 0.1) is 13.8 Å². The van der Waals surface area contributed by atoms with E-state index in [0.717, 1.165) is 6.42 Å². The van der Waals surface area contributed by atoms with Crippen molar-refractivity contribution in [1.82, 2.24) is 10.3 Å². The van der Waals surface area contributed by atoms with Gasteiger partial charge in [0, 0.05) is 16.5 Å². The van der Waals surface area contributed by atoms with E-state index < -0.39 is 0 Å². The standard InChI is InChI=1S/C16H20N2S/c1-10-7-11(2)9-12(8-10)16-18-14-6-4-5-13(17-3)15(14)19-16/h7-9,13,17H,4-6H2,1-3H3. The lowest BCUT2D eigenvalue weighted by Crippen LogP contribution is -2.19. The summed E-state index contributed by atoms with van der Waals surface area (Å²) >= 11 is 1.86. The monoisotopic (exact) mass is 272 g/mol. The average molecular weight is 272 g/mol. The van der Waals surface area contributed by atoms with Gasteiger partial charge in [0.2, 0.25) is 0 Å². The molecule has 1 aliphatic rings. The van der Waals surface area contributed by atoms with E-state index in [1.54, 1.807) is 0 Å². The molecule has 2 aromatic rings. The predicted octanol–water partition coefficient (Wildman–Crippen LogP) is 4.02. The molecule has 100 valence electrons. The Morgan fingerprint density at radius 3 is 2.63 bits per heavy atom. The van der Waals surface area contributed by atoms with Crippen molar-refractivity contribution < 1.29 is 0 Å². The molecule has 0 spiro atoms. The van der Waals surface area contributed by atoms with Gasteiger partial charge in [0.05, 0.1) is 5.69 Å². The molecule has 1 heterocycles. The van der Waals surface area contributed by atoms with Gasteiger partial charge in [-0.15, -0.1) is 11.3 Å². The van der Waals surface area contributed by atoms with Crippen LogP contribution in [0.2, 0.25) is 0 Å². The molecule has 0 saturated heterocycles. The highest BCUT2D eigenvalue weighted by Crippen LogP contribution is 2.38. The van der Waals surface area contributed by atoms with E-state index >= 15 is 0 Å². The minimum Gasteiger partial charge on any atom is -0.312 e. The largest absolute Gasteiger partial charge is 0.312 e. The summed E-state index contributed by atoms with van der Waals surface area (Å²) in [5.41, 5.74) is 5.21. The maximum atomic E-state index is 4.88. The van der Waals surface area contributed by atoms with Crippen LogP contribution in [-0.2, 0) is 6.42 Å². The SMILES string of the molecule is CNC1CCCc2nc(-c3cc(C)cc(C)c3)sc21. The number of nitrogens with one attached hydrogen (secondary N) is 1. The molecule has 3 heteroatoms. The number of hydrogen-bond donors (Lipinski definition) is 1. The van der Waals surface area contributed by atoms with E-state index in [9.17, 15) is 0 Å². The van der Waals surface area contributed by atoms with Gasteiger partial charge in [-0.05, 0) is 52.3 Å². The molecule has 1 aliphatic carbocycles. The van der Waals surface area contributed by atoms with Gasteiger partial charge < -0.3 is 5.32 Å². The molecular formula is C16H20N2S. The lowest BCUT2D eigenvalue weighted by atomic mass is 9.98. The number of aryl methyl sites for hydroxylation is 3. The third kappa shape index (κ3) is 2.45. The molecule has 1 unspecified atom stereocenters. The number of fused-ring (bicyclic) bond motifs is 1. The van der Waals surface area contributed by atoms with Gasteiger partial charge in [-0.1, -0.05) is 17.2 Å². The van der Waals surface area contributed by atoms with Crippen LogP contribution < -0.4 is 5.32 Å². The van der Waals surface area contributed by atoms with Gasteiger partial charge in [-0.2, -0.15) is 0 Å². The Morgan fingerprint density at radius 1 is 1.21 bits per heavy atom. The van der Waals surface area contributed by atoms with E-state index in [1.807, 2.05) is 11.3 Å². The lowest BCUT2D eigenvalue weighted by Gasteiger charge is -2.19. The van der Waals surface area contributed by atoms with Crippen molar-refractivity contribution >= 4 is 11.3 Å². The average Bonchev–Trinajstić information content (AvgIpc) is 2.81. The molecule has 1 aromatic heterocycles. The van der Waals surface area contributed by atoms with Crippen molar-refractivity contribution in [2.75, 3.05) is 7.05 Å². The molecular weight excluding hydrogens is 252 g/mol. The van der Waals surface area contributed by atoms with Gasteiger partial charge in [0.15, 0.2) is 0 Å². The Hall–Kier alpha value is -1.19. The van der Waals surface area contributed by atoms with E-state index in [1.165, 1.54) is 45.1 Å². The Bertz CT molecular complexity index is 581. The summed E-state index contributed by atoms with van der Waals surface area (Å²) in [5.74, 6) is 0. The number of aromatic nitrogens is 1. The molecule has 2 nitrogen and oxygen atoms in total. The normalized spacial score (nSPS) is 18.4. The van der Waals surface area contributed by atoms with Gasteiger partial charge in [-0.3, -0.25) is 0 Å².